The Hall–Kier alpha value is -0.730. The first-order chi connectivity index (χ1) is 12.2. The van der Waals surface area contributed by atoms with Crippen LogP contribution in [0.1, 0.15) is 58.3 Å². The molecule has 0 aliphatic rings. The summed E-state index contributed by atoms with van der Waals surface area (Å²) in [7, 11) is 0. The van der Waals surface area contributed by atoms with Crippen LogP contribution in [0, 0.1) is 0 Å². The normalized spacial score (nSPS) is 10.1. The fraction of sp³-hybridized carbons (Fsp3) is 0.429. The van der Waals surface area contributed by atoms with Gasteiger partial charge in [-0.2, -0.15) is 0 Å². The number of halogens is 3. The van der Waals surface area contributed by atoms with Crippen molar-refractivity contribution in [1.82, 2.24) is 0 Å². The number of benzene rings is 2. The molecule has 0 bridgehead atoms. The van der Waals surface area contributed by atoms with Gasteiger partial charge in [0.05, 0.1) is 12.7 Å². The third-order valence-corrected chi connectivity index (χ3v) is 3.58. The molecule has 25 heavy (non-hydrogen) atoms. The van der Waals surface area contributed by atoms with Gasteiger partial charge in [-0.25, -0.2) is 0 Å². The van der Waals surface area contributed by atoms with E-state index < -0.39 is 0 Å². The van der Waals surface area contributed by atoms with Crippen molar-refractivity contribution in [2.24, 2.45) is 0 Å². The molecule has 0 heterocycles. The molecule has 2 aromatic carbocycles. The zero-order valence-electron chi connectivity index (χ0n) is 16.2. The summed E-state index contributed by atoms with van der Waals surface area (Å²) in [4.78, 5) is 0. The van der Waals surface area contributed by atoms with Crippen LogP contribution in [0.5, 0.6) is 0 Å². The van der Waals surface area contributed by atoms with Gasteiger partial charge in [-0.3, -0.25) is 0 Å². The Morgan fingerprint density at radius 2 is 1.36 bits per heavy atom. The Bertz CT molecular complexity index is 527. The van der Waals surface area contributed by atoms with Crippen molar-refractivity contribution < 1.29 is 4.74 Å². The summed E-state index contributed by atoms with van der Waals surface area (Å²) in [5, 5.41) is 1.49. The second kappa shape index (κ2) is 18.1. The lowest BCUT2D eigenvalue weighted by Crippen LogP contribution is -2.04. The van der Waals surface area contributed by atoms with Crippen LogP contribution in [-0.2, 0) is 11.3 Å². The third-order valence-electron chi connectivity index (χ3n) is 2.99. The second-order valence-corrected chi connectivity index (χ2v) is 5.20. The summed E-state index contributed by atoms with van der Waals surface area (Å²) in [6, 6.07) is 15.5. The van der Waals surface area contributed by atoms with E-state index in [0.717, 1.165) is 27.6 Å². The zero-order valence-corrected chi connectivity index (χ0v) is 18.4. The maximum absolute atomic E-state index is 6.20. The molecule has 0 aliphatic carbocycles. The first kappa shape index (κ1) is 26.5. The quantitative estimate of drug-likeness (QED) is 0.452. The minimum absolute atomic E-state index is 0.0179. The molecule has 0 saturated carbocycles. The number of ether oxygens (including phenoxy) is 1. The molecule has 0 amide bonds. The second-order valence-electron chi connectivity index (χ2n) is 4.36. The van der Waals surface area contributed by atoms with Gasteiger partial charge in [-0.15, -0.1) is 11.6 Å². The summed E-state index contributed by atoms with van der Waals surface area (Å²) in [6.45, 7) is 10.6. The summed E-state index contributed by atoms with van der Waals surface area (Å²) in [5.41, 5.74) is 2.15. The van der Waals surface area contributed by atoms with Gasteiger partial charge >= 0.3 is 0 Å². The summed E-state index contributed by atoms with van der Waals surface area (Å²) in [6.07, 6.45) is 2.38. The molecule has 1 nitrogen and oxygen atoms in total. The van der Waals surface area contributed by atoms with Gasteiger partial charge in [0.1, 0.15) is 0 Å². The number of alkyl halides is 1. The minimum atomic E-state index is 0.0179. The standard InChI is InChI=1S/C16H16Cl2O.2C2H6.CH3Cl/c1-2-16(14-5-3-4-6-15(14)18)19-11-12-7-9-13(17)10-8-12;3*1-2/h3-10,16H,2,11H2,1H3;2*1-2H3;1H3. The first-order valence-electron chi connectivity index (χ1n) is 8.69. The third kappa shape index (κ3) is 10.8. The molecule has 0 aliphatic heterocycles. The van der Waals surface area contributed by atoms with Gasteiger partial charge in [0.15, 0.2) is 0 Å². The highest BCUT2D eigenvalue weighted by atomic mass is 35.5. The van der Waals surface area contributed by atoms with Crippen LogP contribution in [0.2, 0.25) is 10.0 Å². The van der Waals surface area contributed by atoms with Crippen LogP contribution in [0.25, 0.3) is 0 Å². The van der Waals surface area contributed by atoms with E-state index >= 15 is 0 Å². The summed E-state index contributed by atoms with van der Waals surface area (Å²) >= 11 is 16.7. The highest BCUT2D eigenvalue weighted by molar-refractivity contribution is 6.31. The van der Waals surface area contributed by atoms with Crippen molar-refractivity contribution in [1.29, 1.82) is 0 Å². The highest BCUT2D eigenvalue weighted by Gasteiger charge is 2.12. The van der Waals surface area contributed by atoms with Crippen LogP contribution in [0.3, 0.4) is 0 Å². The van der Waals surface area contributed by atoms with E-state index in [-0.39, 0.29) is 6.10 Å². The monoisotopic (exact) mass is 404 g/mol. The average Bonchev–Trinajstić information content (AvgIpc) is 2.70. The molecule has 2 rings (SSSR count). The predicted octanol–water partition coefficient (Wildman–Crippen LogP) is 8.57. The molecular weight excluding hydrogens is 375 g/mol. The SMILES string of the molecule is CC.CC.CCC(OCc1ccc(Cl)cc1)c1ccccc1Cl.CCl. The Kier molecular flexibility index (Phi) is 19.2. The zero-order chi connectivity index (χ0) is 19.7. The molecule has 4 heteroatoms. The molecule has 0 aromatic heterocycles. The van der Waals surface area contributed by atoms with Crippen molar-refractivity contribution in [3.05, 3.63) is 69.7 Å². The van der Waals surface area contributed by atoms with E-state index in [4.69, 9.17) is 27.9 Å². The van der Waals surface area contributed by atoms with Crippen molar-refractivity contribution in [2.75, 3.05) is 6.38 Å². The van der Waals surface area contributed by atoms with E-state index in [2.05, 4.69) is 18.5 Å². The van der Waals surface area contributed by atoms with E-state index in [1.807, 2.05) is 76.2 Å². The molecule has 0 fully saturated rings. The van der Waals surface area contributed by atoms with Crippen LogP contribution in [0.15, 0.2) is 48.5 Å². The summed E-state index contributed by atoms with van der Waals surface area (Å²) < 4.78 is 5.96. The molecule has 1 unspecified atom stereocenters. The van der Waals surface area contributed by atoms with E-state index in [1.54, 1.807) is 0 Å². The van der Waals surface area contributed by atoms with Crippen molar-refractivity contribution in [2.45, 2.75) is 53.8 Å². The number of hydrogen-bond acceptors (Lipinski definition) is 1. The molecule has 1 atom stereocenters. The highest BCUT2D eigenvalue weighted by Crippen LogP contribution is 2.28. The minimum Gasteiger partial charge on any atom is -0.369 e. The average molecular weight is 406 g/mol. The Labute approximate surface area is 169 Å². The lowest BCUT2D eigenvalue weighted by atomic mass is 10.1. The molecule has 0 spiro atoms. The van der Waals surface area contributed by atoms with Gasteiger partial charge in [0.25, 0.3) is 0 Å². The van der Waals surface area contributed by atoms with Crippen molar-refractivity contribution in [3.8, 4) is 0 Å². The predicted molar refractivity (Wildman–Crippen MR) is 115 cm³/mol. The van der Waals surface area contributed by atoms with Crippen LogP contribution < -0.4 is 0 Å². The van der Waals surface area contributed by atoms with E-state index in [0.29, 0.717) is 6.61 Å². The Morgan fingerprint density at radius 3 is 1.84 bits per heavy atom. The van der Waals surface area contributed by atoms with Crippen molar-refractivity contribution >= 4 is 34.8 Å². The van der Waals surface area contributed by atoms with E-state index in [9.17, 15) is 0 Å². The van der Waals surface area contributed by atoms with E-state index in [1.165, 1.54) is 6.38 Å². The molecule has 0 N–H and O–H groups in total. The Morgan fingerprint density at radius 1 is 0.840 bits per heavy atom. The van der Waals surface area contributed by atoms with Crippen molar-refractivity contribution in [3.63, 3.8) is 0 Å². The van der Waals surface area contributed by atoms with Gasteiger partial charge in [0.2, 0.25) is 0 Å². The van der Waals surface area contributed by atoms with Crippen LogP contribution >= 0.6 is 34.8 Å². The van der Waals surface area contributed by atoms with Gasteiger partial charge in [-0.1, -0.05) is 88.2 Å². The van der Waals surface area contributed by atoms with Gasteiger partial charge in [0, 0.05) is 16.4 Å². The van der Waals surface area contributed by atoms with Gasteiger partial charge in [-0.05, 0) is 35.7 Å². The summed E-state index contributed by atoms with van der Waals surface area (Å²) in [5.74, 6) is 0. The lowest BCUT2D eigenvalue weighted by molar-refractivity contribution is 0.0372. The lowest BCUT2D eigenvalue weighted by Gasteiger charge is -2.18. The topological polar surface area (TPSA) is 9.23 Å². The molecule has 142 valence electrons. The molecule has 0 saturated heterocycles. The molecular formula is C21H31Cl3O. The number of rotatable bonds is 5. The fourth-order valence-corrected chi connectivity index (χ4v) is 2.32. The molecule has 2 aromatic rings. The fourth-order valence-electron chi connectivity index (χ4n) is 1.94. The smallest absolute Gasteiger partial charge is 0.0841 e. The largest absolute Gasteiger partial charge is 0.369 e. The van der Waals surface area contributed by atoms with Crippen LogP contribution in [0.4, 0.5) is 0 Å². The number of hydrogen-bond donors (Lipinski definition) is 0. The molecule has 0 radical (unpaired) electrons. The van der Waals surface area contributed by atoms with Gasteiger partial charge < -0.3 is 4.74 Å². The Balaban J connectivity index is 0. The first-order valence-corrected chi connectivity index (χ1v) is 10.2. The maximum Gasteiger partial charge on any atom is 0.0841 e. The van der Waals surface area contributed by atoms with Crippen LogP contribution in [-0.4, -0.2) is 6.38 Å². The maximum atomic E-state index is 6.20.